The number of aryl methyl sites for hydroxylation is 1. The number of phenols is 1. The number of nitrogens with two attached hydrogens (primary N) is 4. The number of Topliss-reactive ketones (excluding diaryl/α,β-unsaturated/α-hetero) is 3. The minimum Gasteiger partial charge on any atom is -0.508 e. The van der Waals surface area contributed by atoms with Crippen LogP contribution in [0.3, 0.4) is 0 Å². The van der Waals surface area contributed by atoms with Crippen LogP contribution in [-0.4, -0.2) is 115 Å². The molecule has 4 atom stereocenters. The summed E-state index contributed by atoms with van der Waals surface area (Å²) in [7, 11) is 0. The van der Waals surface area contributed by atoms with Crippen molar-refractivity contribution < 1.29 is 62.7 Å². The van der Waals surface area contributed by atoms with Gasteiger partial charge in [-0.15, -0.1) is 0 Å². The highest BCUT2D eigenvalue weighted by atomic mass is 16.9. The van der Waals surface area contributed by atoms with Crippen LogP contribution in [-0.2, 0) is 58.5 Å². The molecule has 1 heterocycles. The molecule has 0 aliphatic carbocycles. The van der Waals surface area contributed by atoms with Gasteiger partial charge in [0.25, 0.3) is 5.78 Å². The van der Waals surface area contributed by atoms with Gasteiger partial charge in [-0.05, 0) is 50.1 Å². The molecule has 278 valence electrons. The monoisotopic (exact) mass is 711 g/mol. The second kappa shape index (κ2) is 20.3. The summed E-state index contributed by atoms with van der Waals surface area (Å²) in [4.78, 5) is 87.3. The number of aliphatic hydroxyl groups is 1. The van der Waals surface area contributed by atoms with Gasteiger partial charge >= 0.3 is 11.9 Å². The molecule has 1 aromatic carbocycles. The summed E-state index contributed by atoms with van der Waals surface area (Å²) in [6.45, 7) is 0.589. The minimum atomic E-state index is -1.79. The molecule has 50 heavy (non-hydrogen) atoms. The molecule has 1 aliphatic rings. The first-order chi connectivity index (χ1) is 23.6. The SMILES string of the molecule is Cc1cc(C2(OCCOC(=O)C(=O)[C@H](CO)NN[C@@H](CC(N)=O)C(=O)C(=O)[C@H](CC(N)=O)NC(=O)[C@@H](N)CCCCN)OCCO2)ccc1O. The molecule has 2 rings (SSSR count). The summed E-state index contributed by atoms with van der Waals surface area (Å²) < 4.78 is 21.8. The topological polar surface area (TPSA) is 337 Å². The van der Waals surface area contributed by atoms with E-state index >= 15 is 0 Å². The number of rotatable bonds is 24. The van der Waals surface area contributed by atoms with Gasteiger partial charge in [0.15, 0.2) is 0 Å². The smallest absolute Gasteiger partial charge is 0.376 e. The van der Waals surface area contributed by atoms with Crippen LogP contribution in [0.5, 0.6) is 5.75 Å². The number of aromatic hydroxyl groups is 1. The molecule has 0 bridgehead atoms. The number of primary amides is 2. The number of phenolic OH excluding ortho intramolecular Hbond substituents is 1. The summed E-state index contributed by atoms with van der Waals surface area (Å²) in [5.74, 6) is -10.1. The van der Waals surface area contributed by atoms with Gasteiger partial charge in [0.05, 0.1) is 51.4 Å². The van der Waals surface area contributed by atoms with Gasteiger partial charge in [0.2, 0.25) is 29.3 Å². The van der Waals surface area contributed by atoms with Gasteiger partial charge in [-0.2, -0.15) is 0 Å². The van der Waals surface area contributed by atoms with Gasteiger partial charge in [-0.1, -0.05) is 6.42 Å². The van der Waals surface area contributed by atoms with Crippen LogP contribution < -0.4 is 39.1 Å². The first kappa shape index (κ1) is 41.8. The molecule has 13 N–H and O–H groups in total. The molecule has 0 saturated carbocycles. The van der Waals surface area contributed by atoms with Crippen LogP contribution in [0.25, 0.3) is 0 Å². The predicted molar refractivity (Wildman–Crippen MR) is 170 cm³/mol. The normalized spacial score (nSPS) is 16.1. The summed E-state index contributed by atoms with van der Waals surface area (Å²) in [6.07, 6.45) is -0.350. The molecule has 1 saturated heterocycles. The number of unbranched alkanes of at least 4 members (excludes halogenated alkanes) is 1. The first-order valence-corrected chi connectivity index (χ1v) is 15.6. The molecule has 0 spiro atoms. The zero-order valence-electron chi connectivity index (χ0n) is 27.5. The van der Waals surface area contributed by atoms with Gasteiger partial charge in [-0.3, -0.25) is 28.8 Å². The largest absolute Gasteiger partial charge is 0.508 e. The van der Waals surface area contributed by atoms with Crippen molar-refractivity contribution in [1.29, 1.82) is 0 Å². The standard InChI is InChI=1S/C30H45N7O13/c1-16-12-17(5-6-22(16)39)30(49-10-11-50-30)48-9-8-47-29(46)27(44)21(15-38)37-36-20(14-24(34)41)26(43)25(42)19(13-23(33)40)35-28(45)18(32)4-2-3-7-31/h5-6,12,18-21,36-39H,2-4,7-11,13-15,31-32H2,1H3,(H2,33,40)(H2,34,41)(H,35,45)/t18-,19-,20-,21-/m0/s1. The number of ketones is 3. The third-order valence-electron chi connectivity index (χ3n) is 7.27. The number of nitrogens with one attached hydrogen (secondary N) is 3. The molecular weight excluding hydrogens is 666 g/mol. The Balaban J connectivity index is 2.01. The Bertz CT molecular complexity index is 1390. The van der Waals surface area contributed by atoms with E-state index in [-0.39, 0.29) is 32.0 Å². The number of ether oxygens (including phenoxy) is 4. The van der Waals surface area contributed by atoms with Crippen molar-refractivity contribution in [2.45, 2.75) is 69.2 Å². The number of carbonyl (C=O) groups is 7. The van der Waals surface area contributed by atoms with E-state index in [1.165, 1.54) is 12.1 Å². The average molecular weight is 712 g/mol. The number of aliphatic hydroxyl groups excluding tert-OH is 1. The summed E-state index contributed by atoms with van der Waals surface area (Å²) in [5.41, 5.74) is 27.0. The number of hydrogen-bond acceptors (Lipinski definition) is 17. The summed E-state index contributed by atoms with van der Waals surface area (Å²) in [6, 6.07) is -1.86. The van der Waals surface area contributed by atoms with E-state index in [2.05, 4.69) is 16.2 Å². The molecular formula is C30H45N7O13. The van der Waals surface area contributed by atoms with E-state index in [1.807, 2.05) is 0 Å². The van der Waals surface area contributed by atoms with Crippen molar-refractivity contribution in [3.63, 3.8) is 0 Å². The van der Waals surface area contributed by atoms with Crippen molar-refractivity contribution in [3.05, 3.63) is 29.3 Å². The molecule has 0 radical (unpaired) electrons. The van der Waals surface area contributed by atoms with Gasteiger partial charge in [-0.25, -0.2) is 15.6 Å². The molecule has 20 nitrogen and oxygen atoms in total. The lowest BCUT2D eigenvalue weighted by Gasteiger charge is -2.27. The van der Waals surface area contributed by atoms with Crippen LogP contribution in [0.15, 0.2) is 18.2 Å². The summed E-state index contributed by atoms with van der Waals surface area (Å²) >= 11 is 0. The zero-order chi connectivity index (χ0) is 37.4. The van der Waals surface area contributed by atoms with Crippen molar-refractivity contribution in [1.82, 2.24) is 16.2 Å². The third kappa shape index (κ3) is 12.5. The van der Waals surface area contributed by atoms with E-state index in [1.54, 1.807) is 13.0 Å². The highest BCUT2D eigenvalue weighted by Crippen LogP contribution is 2.34. The van der Waals surface area contributed by atoms with Gasteiger partial charge < -0.3 is 57.4 Å². The maximum Gasteiger partial charge on any atom is 0.376 e. The van der Waals surface area contributed by atoms with E-state index in [9.17, 15) is 43.8 Å². The maximum absolute atomic E-state index is 13.1. The van der Waals surface area contributed by atoms with Crippen molar-refractivity contribution in [2.75, 3.05) is 39.6 Å². The Labute approximate surface area is 286 Å². The number of carbonyl (C=O) groups excluding carboxylic acids is 7. The van der Waals surface area contributed by atoms with E-state index in [0.717, 1.165) is 0 Å². The van der Waals surface area contributed by atoms with Crippen LogP contribution in [0.2, 0.25) is 0 Å². The molecule has 20 heteroatoms. The highest BCUT2D eigenvalue weighted by Gasteiger charge is 2.41. The summed E-state index contributed by atoms with van der Waals surface area (Å²) in [5, 5.41) is 21.8. The molecule has 0 aromatic heterocycles. The van der Waals surface area contributed by atoms with Gasteiger partial charge in [0, 0.05) is 5.56 Å². The predicted octanol–water partition coefficient (Wildman–Crippen LogP) is -4.36. The fourth-order valence-corrected chi connectivity index (χ4v) is 4.57. The zero-order valence-corrected chi connectivity index (χ0v) is 27.5. The lowest BCUT2D eigenvalue weighted by molar-refractivity contribution is -0.345. The van der Waals surface area contributed by atoms with E-state index in [4.69, 9.17) is 41.9 Å². The Morgan fingerprint density at radius 1 is 0.900 bits per heavy atom. The first-order valence-electron chi connectivity index (χ1n) is 15.6. The lowest BCUT2D eigenvalue weighted by Crippen LogP contribution is -2.59. The lowest BCUT2D eigenvalue weighted by atomic mass is 9.97. The van der Waals surface area contributed by atoms with Crippen molar-refractivity contribution >= 4 is 41.0 Å². The molecule has 1 aliphatic heterocycles. The Kier molecular flexibility index (Phi) is 17.0. The van der Waals surface area contributed by atoms with Crippen LogP contribution in [0.1, 0.15) is 43.2 Å². The van der Waals surface area contributed by atoms with Crippen LogP contribution >= 0.6 is 0 Å². The maximum atomic E-state index is 13.1. The van der Waals surface area contributed by atoms with Gasteiger partial charge in [0.1, 0.15) is 24.4 Å². The van der Waals surface area contributed by atoms with Crippen LogP contribution in [0, 0.1) is 6.92 Å². The average Bonchev–Trinajstić information content (AvgIpc) is 3.56. The number of hydrogen-bond donors (Lipinski definition) is 9. The molecule has 0 unspecified atom stereocenters. The molecule has 1 aromatic rings. The quantitative estimate of drug-likeness (QED) is 0.0212. The number of benzene rings is 1. The second-order valence-corrected chi connectivity index (χ2v) is 11.2. The molecule has 1 fully saturated rings. The van der Waals surface area contributed by atoms with E-state index < -0.39 is 97.2 Å². The highest BCUT2D eigenvalue weighted by molar-refractivity contribution is 6.42. The van der Waals surface area contributed by atoms with Crippen molar-refractivity contribution in [2.24, 2.45) is 22.9 Å². The number of esters is 1. The Morgan fingerprint density at radius 3 is 2.08 bits per heavy atom. The second-order valence-electron chi connectivity index (χ2n) is 11.2. The fraction of sp³-hybridized carbons (Fsp3) is 0.567. The minimum absolute atomic E-state index is 0.0408. The number of hydrazine groups is 1. The fourth-order valence-electron chi connectivity index (χ4n) is 4.57. The van der Waals surface area contributed by atoms with Crippen LogP contribution in [0.4, 0.5) is 0 Å². The Hall–Kier alpha value is -4.41. The number of amides is 3. The van der Waals surface area contributed by atoms with Crippen molar-refractivity contribution in [3.8, 4) is 5.75 Å². The molecule has 3 amide bonds. The van der Waals surface area contributed by atoms with E-state index in [0.29, 0.717) is 30.5 Å². The Morgan fingerprint density at radius 2 is 1.50 bits per heavy atom. The third-order valence-corrected chi connectivity index (χ3v) is 7.27.